The Kier molecular flexibility index (Phi) is 18.3. The maximum absolute atomic E-state index is 11.6. The first-order valence-corrected chi connectivity index (χ1v) is 11.3. The van der Waals surface area contributed by atoms with Gasteiger partial charge in [0.15, 0.2) is 12.4 Å². The van der Waals surface area contributed by atoms with Crippen LogP contribution < -0.4 is 0 Å². The molecule has 0 saturated carbocycles. The average Bonchev–Trinajstić information content (AvgIpc) is 2.73. The predicted octanol–water partition coefficient (Wildman–Crippen LogP) is 2.65. The number of aliphatic hydroxyl groups is 4. The van der Waals surface area contributed by atoms with Crippen molar-refractivity contribution in [3.8, 4) is 0 Å². The minimum Gasteiger partial charge on any atom is -0.464 e. The van der Waals surface area contributed by atoms with Crippen molar-refractivity contribution in [2.45, 2.75) is 121 Å². The molecular formula is C22H42O7. The van der Waals surface area contributed by atoms with E-state index in [0.29, 0.717) is 6.42 Å². The van der Waals surface area contributed by atoms with Crippen LogP contribution in [0.25, 0.3) is 0 Å². The highest BCUT2D eigenvalue weighted by Gasteiger charge is 2.35. The molecular weight excluding hydrogens is 376 g/mol. The fourth-order valence-electron chi connectivity index (χ4n) is 3.16. The lowest BCUT2D eigenvalue weighted by Crippen LogP contribution is -2.48. The number of carbonyl (C=O) groups excluding carboxylic acids is 2. The summed E-state index contributed by atoms with van der Waals surface area (Å²) in [6.45, 7) is 2.36. The molecule has 0 rings (SSSR count). The van der Waals surface area contributed by atoms with Crippen molar-refractivity contribution in [3.05, 3.63) is 0 Å². The van der Waals surface area contributed by atoms with Gasteiger partial charge in [-0.1, -0.05) is 90.4 Å². The van der Waals surface area contributed by atoms with Crippen molar-refractivity contribution < 1.29 is 34.8 Å². The molecule has 172 valence electrons. The van der Waals surface area contributed by atoms with Crippen molar-refractivity contribution in [2.75, 3.05) is 6.61 Å². The van der Waals surface area contributed by atoms with Crippen molar-refractivity contribution in [1.82, 2.24) is 0 Å². The molecule has 0 aliphatic rings. The van der Waals surface area contributed by atoms with E-state index >= 15 is 0 Å². The summed E-state index contributed by atoms with van der Waals surface area (Å²) < 4.78 is 4.87. The first-order valence-electron chi connectivity index (χ1n) is 11.3. The highest BCUT2D eigenvalue weighted by atomic mass is 16.5. The molecule has 0 fully saturated rings. The van der Waals surface area contributed by atoms with Crippen molar-refractivity contribution in [2.24, 2.45) is 0 Å². The van der Waals surface area contributed by atoms with Gasteiger partial charge in [-0.05, 0) is 6.42 Å². The van der Waals surface area contributed by atoms with E-state index in [-0.39, 0.29) is 12.9 Å². The van der Waals surface area contributed by atoms with Gasteiger partial charge in [0.1, 0.15) is 18.3 Å². The summed E-state index contributed by atoms with van der Waals surface area (Å²) in [5, 5.41) is 37.7. The van der Waals surface area contributed by atoms with Gasteiger partial charge >= 0.3 is 5.97 Å². The summed E-state index contributed by atoms with van der Waals surface area (Å²) in [6.07, 6.45) is 9.20. The Morgan fingerprint density at radius 2 is 1.14 bits per heavy atom. The van der Waals surface area contributed by atoms with Gasteiger partial charge in [0, 0.05) is 0 Å². The molecule has 29 heavy (non-hydrogen) atoms. The third-order valence-electron chi connectivity index (χ3n) is 5.15. The van der Waals surface area contributed by atoms with Crippen LogP contribution in [0.1, 0.15) is 96.8 Å². The van der Waals surface area contributed by atoms with Gasteiger partial charge in [-0.15, -0.1) is 0 Å². The van der Waals surface area contributed by atoms with Crippen LogP contribution in [0.2, 0.25) is 0 Å². The summed E-state index contributed by atoms with van der Waals surface area (Å²) in [7, 11) is 0. The zero-order chi connectivity index (χ0) is 21.9. The zero-order valence-electron chi connectivity index (χ0n) is 18.0. The molecule has 4 atom stereocenters. The van der Waals surface area contributed by atoms with Crippen LogP contribution in [0.4, 0.5) is 0 Å². The van der Waals surface area contributed by atoms with E-state index < -0.39 is 30.4 Å². The number of carbonyl (C=O) groups is 2. The van der Waals surface area contributed by atoms with Gasteiger partial charge in [0.25, 0.3) is 0 Å². The topological polar surface area (TPSA) is 124 Å². The Morgan fingerprint density at radius 3 is 1.55 bits per heavy atom. The summed E-state index contributed by atoms with van der Waals surface area (Å²) in [5.74, 6) is -1.08. The molecule has 0 aromatic rings. The molecule has 7 heteroatoms. The molecule has 7 nitrogen and oxygen atoms in total. The lowest BCUT2D eigenvalue weighted by Gasteiger charge is -2.22. The van der Waals surface area contributed by atoms with Crippen LogP contribution in [0.5, 0.6) is 0 Å². The van der Waals surface area contributed by atoms with E-state index in [4.69, 9.17) is 9.84 Å². The lowest BCUT2D eigenvalue weighted by molar-refractivity contribution is -0.169. The highest BCUT2D eigenvalue weighted by Crippen LogP contribution is 2.13. The van der Waals surface area contributed by atoms with Gasteiger partial charge in [-0.25, -0.2) is 4.79 Å². The van der Waals surface area contributed by atoms with E-state index in [0.717, 1.165) is 19.3 Å². The predicted molar refractivity (Wildman–Crippen MR) is 111 cm³/mol. The fraction of sp³-hybridized carbons (Fsp3) is 0.909. The van der Waals surface area contributed by atoms with Crippen LogP contribution in [0.3, 0.4) is 0 Å². The van der Waals surface area contributed by atoms with Gasteiger partial charge in [-0.2, -0.15) is 0 Å². The van der Waals surface area contributed by atoms with Crippen molar-refractivity contribution >= 4 is 12.3 Å². The van der Waals surface area contributed by atoms with Gasteiger partial charge in [-0.3, -0.25) is 0 Å². The number of unbranched alkanes of at least 4 members (excludes halogenated alkanes) is 13. The van der Waals surface area contributed by atoms with Crippen LogP contribution in [0.15, 0.2) is 0 Å². The van der Waals surface area contributed by atoms with Crippen molar-refractivity contribution in [3.63, 3.8) is 0 Å². The second kappa shape index (κ2) is 19.0. The highest BCUT2D eigenvalue weighted by molar-refractivity contribution is 5.75. The summed E-state index contributed by atoms with van der Waals surface area (Å²) in [6, 6.07) is 0. The second-order valence-electron chi connectivity index (χ2n) is 7.82. The van der Waals surface area contributed by atoms with E-state index in [9.17, 15) is 24.9 Å². The largest absolute Gasteiger partial charge is 0.464 e. The molecule has 0 heterocycles. The van der Waals surface area contributed by atoms with Gasteiger partial charge in [0.2, 0.25) is 0 Å². The quantitative estimate of drug-likeness (QED) is 0.136. The Morgan fingerprint density at radius 1 is 0.724 bits per heavy atom. The van der Waals surface area contributed by atoms with Crippen LogP contribution in [0, 0.1) is 0 Å². The molecule has 0 bridgehead atoms. The number of hydrogen-bond donors (Lipinski definition) is 4. The fourth-order valence-corrected chi connectivity index (χ4v) is 3.16. The minimum absolute atomic E-state index is 0.0145. The van der Waals surface area contributed by atoms with Crippen LogP contribution in [-0.4, -0.2) is 63.7 Å². The molecule has 0 amide bonds. The third-order valence-corrected chi connectivity index (χ3v) is 5.15. The van der Waals surface area contributed by atoms with Crippen LogP contribution in [-0.2, 0) is 14.3 Å². The van der Waals surface area contributed by atoms with E-state index in [1.807, 2.05) is 0 Å². The van der Waals surface area contributed by atoms with E-state index in [1.165, 1.54) is 64.2 Å². The lowest BCUT2D eigenvalue weighted by atomic mass is 10.0. The summed E-state index contributed by atoms with van der Waals surface area (Å²) in [5.41, 5.74) is 0. The second-order valence-corrected chi connectivity index (χ2v) is 7.82. The molecule has 0 radical (unpaired) electrons. The number of hydrogen-bond acceptors (Lipinski definition) is 7. The number of aldehydes is 1. The number of aliphatic hydroxyl groups excluding tert-OH is 4. The maximum atomic E-state index is 11.6. The third kappa shape index (κ3) is 14.6. The molecule has 0 aliphatic carbocycles. The molecule has 0 unspecified atom stereocenters. The van der Waals surface area contributed by atoms with E-state index in [1.54, 1.807) is 0 Å². The monoisotopic (exact) mass is 418 g/mol. The molecule has 4 N–H and O–H groups in total. The Labute approximate surface area is 175 Å². The molecule has 0 aliphatic heterocycles. The normalized spacial score (nSPS) is 15.5. The average molecular weight is 419 g/mol. The number of rotatable bonds is 20. The Balaban J connectivity index is 3.51. The zero-order valence-corrected chi connectivity index (χ0v) is 18.0. The van der Waals surface area contributed by atoms with Gasteiger partial charge in [0.05, 0.1) is 6.61 Å². The maximum Gasteiger partial charge on any atom is 0.337 e. The summed E-state index contributed by atoms with van der Waals surface area (Å²) >= 11 is 0. The standard InChI is InChI=1S/C22H42O7/c1-2-3-4-5-6-7-8-9-10-11-12-13-14-15-16-29-22(28)21(27)20(26)19(25)18(24)17-23/h17-21,24-27H,2-16H2,1H3/t18-,19+,20-,21-/m0/s1. The number of esters is 1. The SMILES string of the molecule is CCCCCCCCCCCCCCCCOC(=O)[C@@H](O)[C@@H](O)[C@H](O)[C@@H](O)C=O. The smallest absolute Gasteiger partial charge is 0.337 e. The van der Waals surface area contributed by atoms with Crippen molar-refractivity contribution in [1.29, 1.82) is 0 Å². The minimum atomic E-state index is -2.01. The Bertz CT molecular complexity index is 403. The first kappa shape index (κ1) is 28.0. The molecule has 0 saturated heterocycles. The van der Waals surface area contributed by atoms with Gasteiger partial charge < -0.3 is 30.0 Å². The molecule has 0 spiro atoms. The first-order chi connectivity index (χ1) is 14.0. The summed E-state index contributed by atoms with van der Waals surface area (Å²) in [4.78, 5) is 22.0. The number of ether oxygens (including phenoxy) is 1. The molecule has 0 aromatic carbocycles. The van der Waals surface area contributed by atoms with Crippen LogP contribution >= 0.6 is 0 Å². The van der Waals surface area contributed by atoms with E-state index in [2.05, 4.69) is 6.92 Å². The molecule has 0 aromatic heterocycles. The Hall–Kier alpha value is -1.02.